The topological polar surface area (TPSA) is 114 Å². The largest absolute Gasteiger partial charge is 0.494 e. The molecule has 5 rings (SSSR count). The van der Waals surface area contributed by atoms with Crippen molar-refractivity contribution >= 4 is 28.3 Å². The highest BCUT2D eigenvalue weighted by Gasteiger charge is 2.21. The number of carbonyl (C=O) groups excluding carboxylic acids is 2. The second-order valence-electron chi connectivity index (χ2n) is 8.63. The Kier molecular flexibility index (Phi) is 7.09. The number of hydrogen-bond acceptors (Lipinski definition) is 8. The molecule has 1 N–H and O–H groups in total. The van der Waals surface area contributed by atoms with Gasteiger partial charge in [-0.15, -0.1) is 0 Å². The van der Waals surface area contributed by atoms with Crippen molar-refractivity contribution in [1.29, 1.82) is 0 Å². The van der Waals surface area contributed by atoms with Crippen LogP contribution in [0.25, 0.3) is 10.9 Å². The number of benzene rings is 3. The van der Waals surface area contributed by atoms with Crippen LogP contribution < -0.4 is 34.4 Å². The number of nitrogens with zero attached hydrogens (tertiary/aromatic N) is 1. The monoisotopic (exact) mass is 530 g/mol. The van der Waals surface area contributed by atoms with Crippen LogP contribution in [-0.2, 0) is 11.3 Å². The Balaban J connectivity index is 1.55. The van der Waals surface area contributed by atoms with Crippen molar-refractivity contribution in [3.05, 3.63) is 82.1 Å². The van der Waals surface area contributed by atoms with E-state index in [1.54, 1.807) is 53.1 Å². The Hall–Kier alpha value is -4.99. The molecule has 0 atom stereocenters. The molecule has 10 heteroatoms. The highest BCUT2D eigenvalue weighted by Crippen LogP contribution is 2.34. The summed E-state index contributed by atoms with van der Waals surface area (Å²) in [5.74, 6) is 1.57. The summed E-state index contributed by atoms with van der Waals surface area (Å²) < 4.78 is 28.5. The van der Waals surface area contributed by atoms with Crippen LogP contribution in [0.5, 0.6) is 28.7 Å². The van der Waals surface area contributed by atoms with E-state index in [0.717, 1.165) is 0 Å². The molecule has 0 fully saturated rings. The molecule has 0 aliphatic carbocycles. The lowest BCUT2D eigenvalue weighted by molar-refractivity contribution is -0.116. The number of ketones is 1. The summed E-state index contributed by atoms with van der Waals surface area (Å²) in [6, 6.07) is 14.7. The van der Waals surface area contributed by atoms with E-state index in [4.69, 9.17) is 23.7 Å². The van der Waals surface area contributed by atoms with Crippen molar-refractivity contribution in [1.82, 2.24) is 4.57 Å². The first kappa shape index (κ1) is 25.7. The Morgan fingerprint density at radius 3 is 2.38 bits per heavy atom. The minimum Gasteiger partial charge on any atom is -0.494 e. The minimum atomic E-state index is -0.489. The van der Waals surface area contributed by atoms with Gasteiger partial charge in [-0.3, -0.25) is 14.4 Å². The summed E-state index contributed by atoms with van der Waals surface area (Å²) >= 11 is 0. The first-order chi connectivity index (χ1) is 18.9. The molecule has 39 heavy (non-hydrogen) atoms. The minimum absolute atomic E-state index is 0.0882. The average molecular weight is 531 g/mol. The number of anilines is 1. The van der Waals surface area contributed by atoms with E-state index in [2.05, 4.69) is 5.32 Å². The summed E-state index contributed by atoms with van der Waals surface area (Å²) in [5, 5.41) is 3.03. The molecule has 1 aliphatic heterocycles. The van der Waals surface area contributed by atoms with Gasteiger partial charge in [-0.05, 0) is 49.4 Å². The number of pyridine rings is 1. The summed E-state index contributed by atoms with van der Waals surface area (Å²) in [7, 11) is 2.93. The molecule has 2 heterocycles. The van der Waals surface area contributed by atoms with Crippen molar-refractivity contribution < 1.29 is 33.3 Å². The third kappa shape index (κ3) is 5.08. The van der Waals surface area contributed by atoms with Gasteiger partial charge >= 0.3 is 0 Å². The van der Waals surface area contributed by atoms with Gasteiger partial charge in [0.25, 0.3) is 0 Å². The number of hydrogen-bond donors (Lipinski definition) is 1. The highest BCUT2D eigenvalue weighted by molar-refractivity contribution is 6.10. The fourth-order valence-corrected chi connectivity index (χ4v) is 4.36. The number of amides is 1. The van der Waals surface area contributed by atoms with Gasteiger partial charge in [0.2, 0.25) is 18.1 Å². The first-order valence-electron chi connectivity index (χ1n) is 12.2. The van der Waals surface area contributed by atoms with Gasteiger partial charge in [-0.1, -0.05) is 0 Å². The van der Waals surface area contributed by atoms with Gasteiger partial charge in [0, 0.05) is 29.6 Å². The van der Waals surface area contributed by atoms with Gasteiger partial charge in [-0.2, -0.15) is 0 Å². The van der Waals surface area contributed by atoms with E-state index in [-0.39, 0.29) is 30.2 Å². The van der Waals surface area contributed by atoms with E-state index < -0.39 is 11.2 Å². The SMILES string of the molecule is CCOc1ccc(C(=O)c2cn(CC(=O)Nc3ccc4c(c3)OCO4)c3cc(OC)c(OC)cc3c2=O)cc1. The van der Waals surface area contributed by atoms with Gasteiger partial charge < -0.3 is 33.6 Å². The van der Waals surface area contributed by atoms with Crippen LogP contribution in [-0.4, -0.2) is 43.9 Å². The highest BCUT2D eigenvalue weighted by atomic mass is 16.7. The predicted octanol–water partition coefficient (Wildman–Crippen LogP) is 4.02. The molecule has 1 aromatic heterocycles. The van der Waals surface area contributed by atoms with Crippen LogP contribution in [0.3, 0.4) is 0 Å². The molecular formula is C29H26N2O8. The second-order valence-corrected chi connectivity index (χ2v) is 8.63. The number of fused-ring (bicyclic) bond motifs is 2. The predicted molar refractivity (Wildman–Crippen MR) is 144 cm³/mol. The number of methoxy groups -OCH3 is 2. The standard InChI is InChI=1S/C29H26N2O8/c1-4-37-19-8-5-17(6-9-19)28(33)21-14-31(22-13-25(36-3)24(35-2)12-20(22)29(21)34)15-27(32)30-18-7-10-23-26(11-18)39-16-38-23/h5-14H,4,15-16H2,1-3H3,(H,30,32). The molecule has 10 nitrogen and oxygen atoms in total. The number of aromatic nitrogens is 1. The average Bonchev–Trinajstić information content (AvgIpc) is 3.42. The summed E-state index contributed by atoms with van der Waals surface area (Å²) in [4.78, 5) is 40.1. The quantitative estimate of drug-likeness (QED) is 0.323. The van der Waals surface area contributed by atoms with E-state index in [1.807, 2.05) is 6.92 Å². The van der Waals surface area contributed by atoms with Gasteiger partial charge in [0.1, 0.15) is 12.3 Å². The number of nitrogens with one attached hydrogen (secondary N) is 1. The van der Waals surface area contributed by atoms with Gasteiger partial charge in [0.15, 0.2) is 28.8 Å². The lowest BCUT2D eigenvalue weighted by Gasteiger charge is -2.16. The molecule has 0 saturated carbocycles. The van der Waals surface area contributed by atoms with Crippen molar-refractivity contribution in [3.8, 4) is 28.7 Å². The zero-order valence-corrected chi connectivity index (χ0v) is 21.6. The Morgan fingerprint density at radius 2 is 1.67 bits per heavy atom. The Labute approximate surface area is 223 Å². The van der Waals surface area contributed by atoms with E-state index in [1.165, 1.54) is 26.5 Å². The molecule has 0 bridgehead atoms. The summed E-state index contributed by atoms with van der Waals surface area (Å²) in [5.41, 5.74) is 0.653. The van der Waals surface area contributed by atoms with Crippen LogP contribution in [0, 0.1) is 0 Å². The maximum atomic E-state index is 13.5. The molecule has 1 aliphatic rings. The zero-order valence-electron chi connectivity index (χ0n) is 21.6. The molecule has 200 valence electrons. The zero-order chi connectivity index (χ0) is 27.5. The van der Waals surface area contributed by atoms with Crippen LogP contribution in [0.1, 0.15) is 22.8 Å². The van der Waals surface area contributed by atoms with Crippen LogP contribution >= 0.6 is 0 Å². The second kappa shape index (κ2) is 10.8. The van der Waals surface area contributed by atoms with Crippen LogP contribution in [0.15, 0.2) is 65.6 Å². The summed E-state index contributed by atoms with van der Waals surface area (Å²) in [6.45, 7) is 2.28. The first-order valence-corrected chi connectivity index (χ1v) is 12.2. The van der Waals surface area contributed by atoms with Gasteiger partial charge in [-0.25, -0.2) is 0 Å². The molecule has 0 spiro atoms. The van der Waals surface area contributed by atoms with E-state index in [0.29, 0.717) is 52.1 Å². The maximum Gasteiger partial charge on any atom is 0.244 e. The number of rotatable bonds is 9. The molecule has 1 amide bonds. The molecular weight excluding hydrogens is 504 g/mol. The Morgan fingerprint density at radius 1 is 0.949 bits per heavy atom. The fraction of sp³-hybridized carbons (Fsp3) is 0.207. The van der Waals surface area contributed by atoms with E-state index >= 15 is 0 Å². The van der Waals surface area contributed by atoms with Crippen LogP contribution in [0.4, 0.5) is 5.69 Å². The number of ether oxygens (including phenoxy) is 5. The van der Waals surface area contributed by atoms with Crippen molar-refractivity contribution in [2.24, 2.45) is 0 Å². The molecule has 3 aromatic carbocycles. The van der Waals surface area contributed by atoms with Crippen molar-refractivity contribution in [2.75, 3.05) is 32.9 Å². The summed E-state index contributed by atoms with van der Waals surface area (Å²) in [6.07, 6.45) is 1.40. The molecule has 0 saturated heterocycles. The normalized spacial score (nSPS) is 11.8. The molecule has 0 unspecified atom stereocenters. The van der Waals surface area contributed by atoms with Crippen molar-refractivity contribution in [3.63, 3.8) is 0 Å². The van der Waals surface area contributed by atoms with E-state index in [9.17, 15) is 14.4 Å². The van der Waals surface area contributed by atoms with Crippen LogP contribution in [0.2, 0.25) is 0 Å². The maximum absolute atomic E-state index is 13.5. The Bertz CT molecular complexity index is 1630. The third-order valence-electron chi connectivity index (χ3n) is 6.23. The fourth-order valence-electron chi connectivity index (χ4n) is 4.36. The lowest BCUT2D eigenvalue weighted by atomic mass is 10.0. The smallest absolute Gasteiger partial charge is 0.244 e. The number of carbonyl (C=O) groups is 2. The van der Waals surface area contributed by atoms with Gasteiger partial charge in [0.05, 0.1) is 37.3 Å². The van der Waals surface area contributed by atoms with Crippen molar-refractivity contribution in [2.45, 2.75) is 13.5 Å². The lowest BCUT2D eigenvalue weighted by Crippen LogP contribution is -2.24. The molecule has 4 aromatic rings. The third-order valence-corrected chi connectivity index (χ3v) is 6.23. The molecule has 0 radical (unpaired) electrons.